The van der Waals surface area contributed by atoms with Crippen LogP contribution in [0.1, 0.15) is 21.7 Å². The van der Waals surface area contributed by atoms with E-state index in [1.165, 1.54) is 18.7 Å². The maximum atomic E-state index is 11.9. The lowest BCUT2D eigenvalue weighted by Crippen LogP contribution is -2.26. The zero-order valence-corrected chi connectivity index (χ0v) is 10.6. The fourth-order valence-corrected chi connectivity index (χ4v) is 1.52. The van der Waals surface area contributed by atoms with Crippen LogP contribution in [-0.4, -0.2) is 44.3 Å². The van der Waals surface area contributed by atoms with E-state index < -0.39 is 0 Å². The minimum Gasteiger partial charge on any atom is -0.384 e. The number of amides is 1. The molecule has 0 radical (unpaired) electrons. The summed E-state index contributed by atoms with van der Waals surface area (Å²) >= 11 is 0. The number of aliphatic hydroxyl groups is 1. The Balaban J connectivity index is 1.91. The summed E-state index contributed by atoms with van der Waals surface area (Å²) in [5.74, 6) is 5.69. The molecule has 0 aliphatic rings. The number of hydrogen-bond acceptors (Lipinski definition) is 5. The zero-order chi connectivity index (χ0) is 14.2. The van der Waals surface area contributed by atoms with Crippen LogP contribution in [0.5, 0.6) is 0 Å². The molecule has 3 N–H and O–H groups in total. The van der Waals surface area contributed by atoms with Gasteiger partial charge < -0.3 is 10.4 Å². The Bertz CT molecular complexity index is 628. The average molecular weight is 271 g/mol. The lowest BCUT2D eigenvalue weighted by atomic mass is 10.2. The standard InChI is InChI=1S/C13H13N5O2/c19-5-1-2-10-6-11(8-14-7-10)13(20)15-4-3-12-16-9-17-18-12/h6-9,19H,3-5H2,(H,15,20)(H,16,17,18). The second-order valence-electron chi connectivity index (χ2n) is 3.86. The molecule has 0 saturated carbocycles. The number of aromatic amines is 1. The van der Waals surface area contributed by atoms with Gasteiger partial charge in [-0.05, 0) is 6.07 Å². The van der Waals surface area contributed by atoms with Crippen LogP contribution in [0.3, 0.4) is 0 Å². The second kappa shape index (κ2) is 7.01. The van der Waals surface area contributed by atoms with Crippen molar-refractivity contribution < 1.29 is 9.90 Å². The second-order valence-corrected chi connectivity index (χ2v) is 3.86. The predicted octanol–water partition coefficient (Wildman–Crippen LogP) is -0.484. The Morgan fingerprint density at radius 3 is 3.10 bits per heavy atom. The molecule has 0 aliphatic heterocycles. The highest BCUT2D eigenvalue weighted by atomic mass is 16.2. The van der Waals surface area contributed by atoms with Crippen molar-refractivity contribution in [1.29, 1.82) is 0 Å². The Morgan fingerprint density at radius 2 is 2.35 bits per heavy atom. The molecule has 0 saturated heterocycles. The van der Waals surface area contributed by atoms with Crippen molar-refractivity contribution in [3.05, 3.63) is 41.7 Å². The monoisotopic (exact) mass is 271 g/mol. The van der Waals surface area contributed by atoms with Crippen LogP contribution in [0.4, 0.5) is 0 Å². The fourth-order valence-electron chi connectivity index (χ4n) is 1.52. The van der Waals surface area contributed by atoms with Crippen LogP contribution in [0.25, 0.3) is 0 Å². The van der Waals surface area contributed by atoms with Gasteiger partial charge >= 0.3 is 0 Å². The molecule has 0 atom stereocenters. The van der Waals surface area contributed by atoms with Crippen molar-refractivity contribution in [2.75, 3.05) is 13.2 Å². The van der Waals surface area contributed by atoms with Crippen LogP contribution in [0, 0.1) is 11.8 Å². The van der Waals surface area contributed by atoms with E-state index in [2.05, 4.69) is 37.3 Å². The molecule has 7 nitrogen and oxygen atoms in total. The Labute approximate surface area is 115 Å². The number of carbonyl (C=O) groups is 1. The molecule has 102 valence electrons. The van der Waals surface area contributed by atoms with Crippen molar-refractivity contribution in [3.63, 3.8) is 0 Å². The van der Waals surface area contributed by atoms with Gasteiger partial charge in [-0.1, -0.05) is 11.8 Å². The maximum absolute atomic E-state index is 11.9. The van der Waals surface area contributed by atoms with Gasteiger partial charge in [0.05, 0.1) is 5.56 Å². The summed E-state index contributed by atoms with van der Waals surface area (Å²) < 4.78 is 0. The lowest BCUT2D eigenvalue weighted by Gasteiger charge is -2.03. The summed E-state index contributed by atoms with van der Waals surface area (Å²) in [6.07, 6.45) is 5.00. The van der Waals surface area contributed by atoms with E-state index in [0.717, 1.165) is 0 Å². The van der Waals surface area contributed by atoms with E-state index >= 15 is 0 Å². The average Bonchev–Trinajstić information content (AvgIpc) is 2.98. The molecule has 20 heavy (non-hydrogen) atoms. The number of carbonyl (C=O) groups excluding carboxylic acids is 1. The molecule has 0 spiro atoms. The molecule has 0 aromatic carbocycles. The lowest BCUT2D eigenvalue weighted by molar-refractivity contribution is 0.0953. The van der Waals surface area contributed by atoms with Gasteiger partial charge in [-0.15, -0.1) is 0 Å². The number of H-pyrrole nitrogens is 1. The van der Waals surface area contributed by atoms with Gasteiger partial charge in [0.1, 0.15) is 18.8 Å². The van der Waals surface area contributed by atoms with Gasteiger partial charge in [-0.3, -0.25) is 14.9 Å². The first-order valence-electron chi connectivity index (χ1n) is 5.97. The summed E-state index contributed by atoms with van der Waals surface area (Å²) in [4.78, 5) is 19.8. The quantitative estimate of drug-likeness (QED) is 0.651. The maximum Gasteiger partial charge on any atom is 0.252 e. The largest absolute Gasteiger partial charge is 0.384 e. The minimum absolute atomic E-state index is 0.229. The molecular weight excluding hydrogens is 258 g/mol. The molecule has 0 fully saturated rings. The first-order valence-corrected chi connectivity index (χ1v) is 5.97. The highest BCUT2D eigenvalue weighted by Crippen LogP contribution is 2.01. The minimum atomic E-state index is -0.232. The third-order valence-electron chi connectivity index (χ3n) is 2.42. The van der Waals surface area contributed by atoms with E-state index in [-0.39, 0.29) is 12.5 Å². The fraction of sp³-hybridized carbons (Fsp3) is 0.231. The van der Waals surface area contributed by atoms with Crippen LogP contribution in [-0.2, 0) is 6.42 Å². The smallest absolute Gasteiger partial charge is 0.252 e. The van der Waals surface area contributed by atoms with Crippen LogP contribution in [0.15, 0.2) is 24.8 Å². The van der Waals surface area contributed by atoms with Gasteiger partial charge in [-0.2, -0.15) is 5.10 Å². The zero-order valence-electron chi connectivity index (χ0n) is 10.6. The molecular formula is C13H13N5O2. The van der Waals surface area contributed by atoms with Crippen molar-refractivity contribution in [2.24, 2.45) is 0 Å². The number of aliphatic hydroxyl groups excluding tert-OH is 1. The molecule has 0 bridgehead atoms. The van der Waals surface area contributed by atoms with E-state index in [4.69, 9.17) is 5.11 Å². The number of nitrogens with zero attached hydrogens (tertiary/aromatic N) is 3. The van der Waals surface area contributed by atoms with Gasteiger partial charge in [0.15, 0.2) is 0 Å². The Morgan fingerprint density at radius 1 is 1.45 bits per heavy atom. The van der Waals surface area contributed by atoms with Crippen molar-refractivity contribution >= 4 is 5.91 Å². The first-order chi connectivity index (χ1) is 9.79. The molecule has 2 aromatic rings. The summed E-state index contributed by atoms with van der Waals surface area (Å²) in [6, 6.07) is 1.62. The van der Waals surface area contributed by atoms with E-state index in [9.17, 15) is 4.79 Å². The van der Waals surface area contributed by atoms with Crippen LogP contribution in [0.2, 0.25) is 0 Å². The SMILES string of the molecule is O=C(NCCc1ncn[nH]1)c1cncc(C#CCO)c1. The molecule has 1 amide bonds. The highest BCUT2D eigenvalue weighted by Gasteiger charge is 2.06. The van der Waals surface area contributed by atoms with E-state index in [1.807, 2.05) is 0 Å². The Hall–Kier alpha value is -2.72. The number of rotatable bonds is 4. The first kappa shape index (κ1) is 13.7. The molecule has 0 unspecified atom stereocenters. The van der Waals surface area contributed by atoms with Gasteiger partial charge in [0, 0.05) is 30.9 Å². The summed E-state index contributed by atoms with van der Waals surface area (Å²) in [5.41, 5.74) is 1.01. The third kappa shape index (κ3) is 3.90. The van der Waals surface area contributed by atoms with Crippen LogP contribution < -0.4 is 5.32 Å². The molecule has 2 heterocycles. The normalized spacial score (nSPS) is 9.65. The number of nitrogens with one attached hydrogen (secondary N) is 2. The summed E-state index contributed by atoms with van der Waals surface area (Å²) in [7, 11) is 0. The highest BCUT2D eigenvalue weighted by molar-refractivity contribution is 5.94. The van der Waals surface area contributed by atoms with Gasteiger partial charge in [-0.25, -0.2) is 4.98 Å². The van der Waals surface area contributed by atoms with Crippen LogP contribution >= 0.6 is 0 Å². The van der Waals surface area contributed by atoms with Gasteiger partial charge in [0.2, 0.25) is 0 Å². The van der Waals surface area contributed by atoms with Crippen molar-refractivity contribution in [3.8, 4) is 11.8 Å². The predicted molar refractivity (Wildman–Crippen MR) is 70.6 cm³/mol. The molecule has 2 rings (SSSR count). The summed E-state index contributed by atoms with van der Waals surface area (Å²) in [5, 5.41) is 17.8. The number of aromatic nitrogens is 4. The van der Waals surface area contributed by atoms with Gasteiger partial charge in [0.25, 0.3) is 5.91 Å². The van der Waals surface area contributed by atoms with Crippen molar-refractivity contribution in [2.45, 2.75) is 6.42 Å². The number of pyridine rings is 1. The van der Waals surface area contributed by atoms with E-state index in [0.29, 0.717) is 29.9 Å². The van der Waals surface area contributed by atoms with Crippen molar-refractivity contribution in [1.82, 2.24) is 25.5 Å². The Kier molecular flexibility index (Phi) is 4.81. The molecule has 7 heteroatoms. The third-order valence-corrected chi connectivity index (χ3v) is 2.42. The summed E-state index contributed by atoms with van der Waals surface area (Å²) in [6.45, 7) is 0.216. The topological polar surface area (TPSA) is 104 Å². The molecule has 2 aromatic heterocycles. The molecule has 0 aliphatic carbocycles. The van der Waals surface area contributed by atoms with E-state index in [1.54, 1.807) is 6.07 Å². The number of hydrogen-bond donors (Lipinski definition) is 3.